The number of nitrogens with zero attached hydrogens (tertiary/aromatic N) is 1. The predicted octanol–water partition coefficient (Wildman–Crippen LogP) is 0.966. The molecular weight excluding hydrogens is 278 g/mol. The number of phenolic OH excluding ortho intramolecular Hbond substituents is 1. The number of benzene rings is 1. The lowest BCUT2D eigenvalue weighted by Crippen LogP contribution is -2.27. The molecule has 21 heavy (non-hydrogen) atoms. The molecule has 7 heteroatoms. The van der Waals surface area contributed by atoms with Gasteiger partial charge in [0.25, 0.3) is 5.91 Å². The summed E-state index contributed by atoms with van der Waals surface area (Å²) >= 11 is 0. The SMILES string of the molecule is COc1cc(C=C(C(=O)O)C(=O)N(C)C)cc(OC)c1O. The van der Waals surface area contributed by atoms with Crippen LogP contribution in [-0.2, 0) is 9.59 Å². The number of methoxy groups -OCH3 is 2. The molecule has 0 spiro atoms. The Hall–Kier alpha value is -2.70. The van der Waals surface area contributed by atoms with Crippen molar-refractivity contribution in [3.05, 3.63) is 23.3 Å². The van der Waals surface area contributed by atoms with Crippen LogP contribution in [0.4, 0.5) is 0 Å². The van der Waals surface area contributed by atoms with Crippen LogP contribution in [0.3, 0.4) is 0 Å². The van der Waals surface area contributed by atoms with E-state index in [0.29, 0.717) is 5.56 Å². The van der Waals surface area contributed by atoms with Crippen LogP contribution < -0.4 is 9.47 Å². The van der Waals surface area contributed by atoms with Crippen LogP contribution in [0.2, 0.25) is 0 Å². The molecule has 7 nitrogen and oxygen atoms in total. The molecule has 0 bridgehead atoms. The van der Waals surface area contributed by atoms with E-state index in [1.165, 1.54) is 46.5 Å². The minimum Gasteiger partial charge on any atom is -0.502 e. The Morgan fingerprint density at radius 2 is 1.62 bits per heavy atom. The summed E-state index contributed by atoms with van der Waals surface area (Å²) in [4.78, 5) is 24.2. The second-order valence-corrected chi connectivity index (χ2v) is 4.34. The van der Waals surface area contributed by atoms with E-state index in [9.17, 15) is 14.7 Å². The van der Waals surface area contributed by atoms with Gasteiger partial charge in [0.05, 0.1) is 14.2 Å². The number of aromatic hydroxyl groups is 1. The summed E-state index contributed by atoms with van der Waals surface area (Å²) in [6.45, 7) is 0. The number of phenols is 1. The molecule has 1 rings (SSSR count). The Morgan fingerprint density at radius 1 is 1.14 bits per heavy atom. The second kappa shape index (κ2) is 6.65. The fraction of sp³-hybridized carbons (Fsp3) is 0.286. The van der Waals surface area contributed by atoms with E-state index >= 15 is 0 Å². The van der Waals surface area contributed by atoms with Crippen molar-refractivity contribution in [1.29, 1.82) is 0 Å². The standard InChI is InChI=1S/C14H17NO6/c1-15(2)13(17)9(14(18)19)5-8-6-10(20-3)12(16)11(7-8)21-4/h5-7,16H,1-4H3,(H,18,19). The summed E-state index contributed by atoms with van der Waals surface area (Å²) in [5, 5.41) is 18.9. The zero-order chi connectivity index (χ0) is 16.2. The zero-order valence-electron chi connectivity index (χ0n) is 12.2. The fourth-order valence-corrected chi connectivity index (χ4v) is 1.62. The second-order valence-electron chi connectivity index (χ2n) is 4.34. The summed E-state index contributed by atoms with van der Waals surface area (Å²) in [6, 6.07) is 2.81. The number of ether oxygens (including phenoxy) is 2. The Kier molecular flexibility index (Phi) is 5.18. The highest BCUT2D eigenvalue weighted by Gasteiger charge is 2.20. The molecule has 0 heterocycles. The molecule has 0 saturated heterocycles. The summed E-state index contributed by atoms with van der Waals surface area (Å²) in [5.41, 5.74) is -0.0519. The van der Waals surface area contributed by atoms with E-state index in [-0.39, 0.29) is 17.2 Å². The number of rotatable bonds is 5. The number of carbonyl (C=O) groups is 2. The molecule has 114 valence electrons. The van der Waals surface area contributed by atoms with Gasteiger partial charge in [-0.05, 0) is 23.8 Å². The normalized spacial score (nSPS) is 11.0. The molecular formula is C14H17NO6. The van der Waals surface area contributed by atoms with Gasteiger partial charge in [-0.2, -0.15) is 0 Å². The highest BCUT2D eigenvalue weighted by molar-refractivity contribution is 6.19. The van der Waals surface area contributed by atoms with Gasteiger partial charge in [-0.15, -0.1) is 0 Å². The number of amides is 1. The van der Waals surface area contributed by atoms with E-state index in [0.717, 1.165) is 4.90 Å². The van der Waals surface area contributed by atoms with Crippen LogP contribution in [-0.4, -0.2) is 55.3 Å². The lowest BCUT2D eigenvalue weighted by Gasteiger charge is -2.12. The molecule has 2 N–H and O–H groups in total. The average molecular weight is 295 g/mol. The van der Waals surface area contributed by atoms with Crippen LogP contribution in [0.5, 0.6) is 17.2 Å². The molecule has 0 aromatic heterocycles. The van der Waals surface area contributed by atoms with Gasteiger partial charge in [-0.3, -0.25) is 4.79 Å². The number of carbonyl (C=O) groups excluding carboxylic acids is 1. The molecule has 1 aromatic rings. The van der Waals surface area contributed by atoms with Crippen LogP contribution >= 0.6 is 0 Å². The van der Waals surface area contributed by atoms with Crippen molar-refractivity contribution in [2.45, 2.75) is 0 Å². The molecule has 0 fully saturated rings. The molecule has 1 amide bonds. The predicted molar refractivity (Wildman–Crippen MR) is 75.5 cm³/mol. The van der Waals surface area contributed by atoms with Crippen molar-refractivity contribution in [3.63, 3.8) is 0 Å². The Labute approximate surface area is 122 Å². The van der Waals surface area contributed by atoms with Crippen LogP contribution in [0, 0.1) is 0 Å². The van der Waals surface area contributed by atoms with Crippen LogP contribution in [0.15, 0.2) is 17.7 Å². The van der Waals surface area contributed by atoms with E-state index in [1.54, 1.807) is 0 Å². The molecule has 0 aliphatic heterocycles. The topological polar surface area (TPSA) is 96.3 Å². The van der Waals surface area contributed by atoms with Gasteiger partial charge >= 0.3 is 5.97 Å². The van der Waals surface area contributed by atoms with Crippen molar-refractivity contribution in [3.8, 4) is 17.2 Å². The van der Waals surface area contributed by atoms with Gasteiger partial charge in [0.2, 0.25) is 5.75 Å². The first-order valence-electron chi connectivity index (χ1n) is 5.93. The molecule has 1 aromatic carbocycles. The maximum atomic E-state index is 11.8. The van der Waals surface area contributed by atoms with Crippen molar-refractivity contribution in [1.82, 2.24) is 4.90 Å². The number of hydrogen-bond donors (Lipinski definition) is 2. The summed E-state index contributed by atoms with van der Waals surface area (Å²) in [6.07, 6.45) is 1.19. The van der Waals surface area contributed by atoms with E-state index in [1.807, 2.05) is 0 Å². The summed E-state index contributed by atoms with van der Waals surface area (Å²) in [7, 11) is 5.62. The van der Waals surface area contributed by atoms with Gasteiger partial charge in [0, 0.05) is 14.1 Å². The smallest absolute Gasteiger partial charge is 0.341 e. The van der Waals surface area contributed by atoms with E-state index in [2.05, 4.69) is 0 Å². The molecule has 0 unspecified atom stereocenters. The summed E-state index contributed by atoms with van der Waals surface area (Å²) < 4.78 is 9.95. The number of likely N-dealkylation sites (N-methyl/N-ethyl adjacent to an activating group) is 1. The third-order valence-electron chi connectivity index (χ3n) is 2.68. The molecule has 0 atom stereocenters. The highest BCUT2D eigenvalue weighted by atomic mass is 16.5. The van der Waals surface area contributed by atoms with Gasteiger partial charge in [-0.25, -0.2) is 4.79 Å². The van der Waals surface area contributed by atoms with E-state index in [4.69, 9.17) is 14.6 Å². The highest BCUT2D eigenvalue weighted by Crippen LogP contribution is 2.37. The van der Waals surface area contributed by atoms with Gasteiger partial charge in [0.1, 0.15) is 5.57 Å². The first-order chi connectivity index (χ1) is 9.81. The zero-order valence-corrected chi connectivity index (χ0v) is 12.2. The van der Waals surface area contributed by atoms with Crippen LogP contribution in [0.1, 0.15) is 5.56 Å². The van der Waals surface area contributed by atoms with Crippen molar-refractivity contribution in [2.24, 2.45) is 0 Å². The number of aliphatic carboxylic acids is 1. The minimum atomic E-state index is -1.35. The Bertz CT molecular complexity index is 566. The molecule has 0 saturated carbocycles. The molecule has 0 radical (unpaired) electrons. The van der Waals surface area contributed by atoms with Crippen molar-refractivity contribution in [2.75, 3.05) is 28.3 Å². The number of hydrogen-bond acceptors (Lipinski definition) is 5. The van der Waals surface area contributed by atoms with E-state index < -0.39 is 17.4 Å². The van der Waals surface area contributed by atoms with Gasteiger partial charge in [0.15, 0.2) is 11.5 Å². The molecule has 0 aliphatic rings. The average Bonchev–Trinajstić information content (AvgIpc) is 2.44. The largest absolute Gasteiger partial charge is 0.502 e. The lowest BCUT2D eigenvalue weighted by molar-refractivity contribution is -0.136. The third kappa shape index (κ3) is 3.65. The Balaban J connectivity index is 3.40. The maximum Gasteiger partial charge on any atom is 0.341 e. The number of carboxylic acid groups (broad SMARTS) is 1. The van der Waals surface area contributed by atoms with Gasteiger partial charge < -0.3 is 24.6 Å². The maximum absolute atomic E-state index is 11.8. The first-order valence-corrected chi connectivity index (χ1v) is 5.93. The Morgan fingerprint density at radius 3 is 1.95 bits per heavy atom. The quantitative estimate of drug-likeness (QED) is 0.477. The van der Waals surface area contributed by atoms with Crippen molar-refractivity contribution >= 4 is 18.0 Å². The molecule has 0 aliphatic carbocycles. The lowest BCUT2D eigenvalue weighted by atomic mass is 10.1. The van der Waals surface area contributed by atoms with Gasteiger partial charge in [-0.1, -0.05) is 0 Å². The number of carboxylic acids is 1. The third-order valence-corrected chi connectivity index (χ3v) is 2.68. The van der Waals surface area contributed by atoms with Crippen molar-refractivity contribution < 1.29 is 29.3 Å². The summed E-state index contributed by atoms with van der Waals surface area (Å²) in [5.74, 6) is -1.97. The first kappa shape index (κ1) is 16.4. The van der Waals surface area contributed by atoms with Crippen LogP contribution in [0.25, 0.3) is 6.08 Å². The fourth-order valence-electron chi connectivity index (χ4n) is 1.62. The minimum absolute atomic E-state index is 0.114. The monoisotopic (exact) mass is 295 g/mol.